The smallest absolute Gasteiger partial charge is 0.258 e. The molecule has 0 unspecified atom stereocenters. The summed E-state index contributed by atoms with van der Waals surface area (Å²) in [5.74, 6) is -2.52. The maximum atomic E-state index is 14.1. The van der Waals surface area contributed by atoms with E-state index in [1.165, 1.54) is 24.3 Å². The van der Waals surface area contributed by atoms with Gasteiger partial charge in [-0.3, -0.25) is 14.6 Å². The first-order chi connectivity index (χ1) is 14.0. The molecule has 0 aliphatic carbocycles. The number of rotatable bonds is 4. The zero-order valence-electron chi connectivity index (χ0n) is 15.0. The van der Waals surface area contributed by atoms with Crippen molar-refractivity contribution in [2.24, 2.45) is 0 Å². The van der Waals surface area contributed by atoms with Gasteiger partial charge in [-0.05, 0) is 54.6 Å². The molecule has 4 aromatic rings. The van der Waals surface area contributed by atoms with Gasteiger partial charge in [-0.25, -0.2) is 8.78 Å². The standard InChI is InChI=1S/C23H14F2N2O2/c24-17-11-16(22(28)15-7-8-21-14(10-15)4-3-9-26-21)12-18(13-17)27-23(29)19-5-1-2-6-20(19)25/h1-13H,(H,27,29). The van der Waals surface area contributed by atoms with E-state index in [4.69, 9.17) is 0 Å². The first kappa shape index (κ1) is 18.4. The molecule has 1 aromatic heterocycles. The zero-order valence-corrected chi connectivity index (χ0v) is 15.0. The minimum atomic E-state index is -0.733. The van der Waals surface area contributed by atoms with Crippen LogP contribution in [-0.2, 0) is 0 Å². The topological polar surface area (TPSA) is 59.1 Å². The van der Waals surface area contributed by atoms with Crippen molar-refractivity contribution in [3.8, 4) is 0 Å². The van der Waals surface area contributed by atoms with E-state index in [0.717, 1.165) is 29.1 Å². The van der Waals surface area contributed by atoms with Gasteiger partial charge < -0.3 is 5.32 Å². The van der Waals surface area contributed by atoms with Crippen LogP contribution < -0.4 is 5.32 Å². The van der Waals surface area contributed by atoms with Crippen LogP contribution >= 0.6 is 0 Å². The molecule has 0 atom stereocenters. The van der Waals surface area contributed by atoms with E-state index in [-0.39, 0.29) is 16.8 Å². The van der Waals surface area contributed by atoms with Crippen LogP contribution in [-0.4, -0.2) is 16.7 Å². The Labute approximate surface area is 164 Å². The summed E-state index contributed by atoms with van der Waals surface area (Å²) in [6.45, 7) is 0. The number of aromatic nitrogens is 1. The van der Waals surface area contributed by atoms with E-state index < -0.39 is 23.3 Å². The third-order valence-electron chi connectivity index (χ3n) is 4.40. The number of amides is 1. The number of ketones is 1. The third-order valence-corrected chi connectivity index (χ3v) is 4.40. The fraction of sp³-hybridized carbons (Fsp3) is 0. The Kier molecular flexibility index (Phi) is 4.83. The van der Waals surface area contributed by atoms with Crippen LogP contribution in [0.3, 0.4) is 0 Å². The molecule has 0 radical (unpaired) electrons. The molecular weight excluding hydrogens is 374 g/mol. The Hall–Kier alpha value is -3.93. The molecular formula is C23H14F2N2O2. The lowest BCUT2D eigenvalue weighted by molar-refractivity contribution is 0.101. The van der Waals surface area contributed by atoms with Gasteiger partial charge in [0.15, 0.2) is 5.78 Å². The van der Waals surface area contributed by atoms with Crippen molar-refractivity contribution in [2.75, 3.05) is 5.32 Å². The third kappa shape index (κ3) is 3.87. The monoisotopic (exact) mass is 388 g/mol. The number of anilines is 1. The molecule has 0 saturated heterocycles. The Bertz CT molecular complexity index is 1250. The summed E-state index contributed by atoms with van der Waals surface area (Å²) in [4.78, 5) is 29.3. The predicted molar refractivity (Wildman–Crippen MR) is 106 cm³/mol. The lowest BCUT2D eigenvalue weighted by Crippen LogP contribution is -2.14. The number of hydrogen-bond acceptors (Lipinski definition) is 3. The molecule has 0 saturated carbocycles. The second-order valence-electron chi connectivity index (χ2n) is 6.40. The van der Waals surface area contributed by atoms with Crippen molar-refractivity contribution in [2.45, 2.75) is 0 Å². The lowest BCUT2D eigenvalue weighted by atomic mass is 10.0. The van der Waals surface area contributed by atoms with Gasteiger partial charge in [-0.2, -0.15) is 0 Å². The molecule has 1 N–H and O–H groups in total. The summed E-state index contributed by atoms with van der Waals surface area (Å²) in [6, 6.07) is 17.6. The first-order valence-electron chi connectivity index (χ1n) is 8.77. The molecule has 0 spiro atoms. The van der Waals surface area contributed by atoms with Gasteiger partial charge in [0.2, 0.25) is 0 Å². The first-order valence-corrected chi connectivity index (χ1v) is 8.77. The fourth-order valence-corrected chi connectivity index (χ4v) is 3.02. The van der Waals surface area contributed by atoms with Crippen molar-refractivity contribution in [1.29, 1.82) is 0 Å². The van der Waals surface area contributed by atoms with Crippen molar-refractivity contribution >= 4 is 28.3 Å². The zero-order chi connectivity index (χ0) is 20.4. The van der Waals surface area contributed by atoms with Crippen molar-refractivity contribution in [3.05, 3.63) is 107 Å². The van der Waals surface area contributed by atoms with Gasteiger partial charge in [0, 0.05) is 28.4 Å². The normalized spacial score (nSPS) is 10.7. The maximum Gasteiger partial charge on any atom is 0.258 e. The van der Waals surface area contributed by atoms with Crippen molar-refractivity contribution in [1.82, 2.24) is 4.98 Å². The van der Waals surface area contributed by atoms with Crippen LogP contribution in [0.5, 0.6) is 0 Å². The average molecular weight is 388 g/mol. The molecule has 6 heteroatoms. The van der Waals surface area contributed by atoms with Crippen LogP contribution in [0.15, 0.2) is 79.0 Å². The SMILES string of the molecule is O=C(c1cc(F)cc(NC(=O)c2ccccc2F)c1)c1ccc2ncccc2c1. The highest BCUT2D eigenvalue weighted by Gasteiger charge is 2.15. The van der Waals surface area contributed by atoms with Gasteiger partial charge >= 0.3 is 0 Å². The molecule has 1 amide bonds. The highest BCUT2D eigenvalue weighted by atomic mass is 19.1. The second-order valence-corrected chi connectivity index (χ2v) is 6.40. The van der Waals surface area contributed by atoms with Crippen LogP contribution in [0.1, 0.15) is 26.3 Å². The minimum Gasteiger partial charge on any atom is -0.322 e. The van der Waals surface area contributed by atoms with E-state index in [2.05, 4.69) is 10.3 Å². The van der Waals surface area contributed by atoms with Crippen molar-refractivity contribution in [3.63, 3.8) is 0 Å². The molecule has 4 rings (SSSR count). The summed E-state index contributed by atoms with van der Waals surface area (Å²) in [7, 11) is 0. The van der Waals surface area contributed by atoms with E-state index >= 15 is 0 Å². The predicted octanol–water partition coefficient (Wildman–Crippen LogP) is 5.00. The largest absolute Gasteiger partial charge is 0.322 e. The highest BCUT2D eigenvalue weighted by Crippen LogP contribution is 2.21. The molecule has 4 nitrogen and oxygen atoms in total. The number of hydrogen-bond donors (Lipinski definition) is 1. The van der Waals surface area contributed by atoms with Gasteiger partial charge in [-0.15, -0.1) is 0 Å². The number of fused-ring (bicyclic) bond motifs is 1. The fourth-order valence-electron chi connectivity index (χ4n) is 3.02. The minimum absolute atomic E-state index is 0.0593. The molecule has 3 aromatic carbocycles. The number of carbonyl (C=O) groups excluding carboxylic acids is 2. The van der Waals surface area contributed by atoms with Gasteiger partial charge in [-0.1, -0.05) is 18.2 Å². The summed E-state index contributed by atoms with van der Waals surface area (Å²) in [5.41, 5.74) is 1.05. The molecule has 1 heterocycles. The number of halogens is 2. The van der Waals surface area contributed by atoms with Crippen molar-refractivity contribution < 1.29 is 18.4 Å². The van der Waals surface area contributed by atoms with Crippen LogP contribution in [0.25, 0.3) is 10.9 Å². The molecule has 0 aliphatic heterocycles. The maximum absolute atomic E-state index is 14.1. The Morgan fingerprint density at radius 1 is 0.828 bits per heavy atom. The van der Waals surface area contributed by atoms with Gasteiger partial charge in [0.25, 0.3) is 5.91 Å². The number of carbonyl (C=O) groups is 2. The summed E-state index contributed by atoms with van der Waals surface area (Å²) in [5, 5.41) is 3.22. The molecule has 0 bridgehead atoms. The van der Waals surface area contributed by atoms with E-state index in [1.807, 2.05) is 6.07 Å². The molecule has 29 heavy (non-hydrogen) atoms. The van der Waals surface area contributed by atoms with Gasteiger partial charge in [0.1, 0.15) is 11.6 Å². The van der Waals surface area contributed by atoms with Crippen LogP contribution in [0.4, 0.5) is 14.5 Å². The number of nitrogens with one attached hydrogen (secondary N) is 1. The molecule has 142 valence electrons. The highest BCUT2D eigenvalue weighted by molar-refractivity contribution is 6.11. The van der Waals surface area contributed by atoms with Crippen LogP contribution in [0, 0.1) is 11.6 Å². The average Bonchev–Trinajstić information content (AvgIpc) is 2.72. The Morgan fingerprint density at radius 2 is 1.66 bits per heavy atom. The number of pyridine rings is 1. The molecule has 0 fully saturated rings. The summed E-state index contributed by atoms with van der Waals surface area (Å²) < 4.78 is 27.9. The van der Waals surface area contributed by atoms with E-state index in [0.29, 0.717) is 5.56 Å². The Balaban J connectivity index is 1.64. The van der Waals surface area contributed by atoms with E-state index in [9.17, 15) is 18.4 Å². The van der Waals surface area contributed by atoms with Crippen LogP contribution in [0.2, 0.25) is 0 Å². The summed E-state index contributed by atoms with van der Waals surface area (Å²) >= 11 is 0. The Morgan fingerprint density at radius 3 is 2.48 bits per heavy atom. The molecule has 0 aliphatic rings. The summed E-state index contributed by atoms with van der Waals surface area (Å²) in [6.07, 6.45) is 1.65. The number of benzene rings is 3. The van der Waals surface area contributed by atoms with Gasteiger partial charge in [0.05, 0.1) is 11.1 Å². The van der Waals surface area contributed by atoms with E-state index in [1.54, 1.807) is 30.5 Å². The second kappa shape index (κ2) is 7.59. The quantitative estimate of drug-likeness (QED) is 0.501. The lowest BCUT2D eigenvalue weighted by Gasteiger charge is -2.09. The number of nitrogens with zero attached hydrogens (tertiary/aromatic N) is 1.